The number of alkyl halides is 3. The Morgan fingerprint density at radius 3 is 2.60 bits per heavy atom. The molecule has 20 heavy (non-hydrogen) atoms. The molecule has 112 valence electrons. The summed E-state index contributed by atoms with van der Waals surface area (Å²) in [7, 11) is 1.27. The Balaban J connectivity index is 2.42. The van der Waals surface area contributed by atoms with E-state index >= 15 is 0 Å². The van der Waals surface area contributed by atoms with E-state index in [4.69, 9.17) is 15.2 Å². The van der Waals surface area contributed by atoms with Crippen molar-refractivity contribution in [2.75, 3.05) is 20.3 Å². The zero-order valence-electron chi connectivity index (χ0n) is 10.8. The number of halogens is 4. The molecule has 1 aliphatic heterocycles. The summed E-state index contributed by atoms with van der Waals surface area (Å²) in [4.78, 5) is 0. The number of ether oxygens (including phenoxy) is 2. The van der Waals surface area contributed by atoms with Gasteiger partial charge in [0.05, 0.1) is 18.8 Å². The van der Waals surface area contributed by atoms with Crippen LogP contribution in [-0.2, 0) is 15.0 Å². The van der Waals surface area contributed by atoms with Gasteiger partial charge < -0.3 is 15.2 Å². The molecule has 3 nitrogen and oxygen atoms in total. The topological polar surface area (TPSA) is 44.5 Å². The zero-order valence-corrected chi connectivity index (χ0v) is 10.8. The molecule has 0 radical (unpaired) electrons. The van der Waals surface area contributed by atoms with E-state index < -0.39 is 36.2 Å². The van der Waals surface area contributed by atoms with Gasteiger partial charge in [0, 0.05) is 18.6 Å². The molecule has 1 heterocycles. The molecule has 2 rings (SSSR count). The maximum atomic E-state index is 13.9. The summed E-state index contributed by atoms with van der Waals surface area (Å²) < 4.78 is 62.4. The number of methoxy groups -OCH3 is 1. The molecule has 1 fully saturated rings. The van der Waals surface area contributed by atoms with Gasteiger partial charge in [-0.2, -0.15) is 13.2 Å². The van der Waals surface area contributed by atoms with Crippen molar-refractivity contribution >= 4 is 0 Å². The Morgan fingerprint density at radius 1 is 1.40 bits per heavy atom. The van der Waals surface area contributed by atoms with Crippen molar-refractivity contribution in [2.24, 2.45) is 11.7 Å². The molecular formula is C13H15F4NO2. The van der Waals surface area contributed by atoms with Crippen molar-refractivity contribution in [3.8, 4) is 0 Å². The van der Waals surface area contributed by atoms with Crippen LogP contribution in [-0.4, -0.2) is 32.6 Å². The summed E-state index contributed by atoms with van der Waals surface area (Å²) in [6, 6.07) is 5.51. The van der Waals surface area contributed by atoms with Crippen LogP contribution < -0.4 is 5.73 Å². The molecule has 7 heteroatoms. The van der Waals surface area contributed by atoms with Crippen LogP contribution in [0.1, 0.15) is 5.56 Å². The molecule has 1 aromatic rings. The Kier molecular flexibility index (Phi) is 4.04. The quantitative estimate of drug-likeness (QED) is 0.869. The molecule has 0 aromatic heterocycles. The summed E-state index contributed by atoms with van der Waals surface area (Å²) in [5.74, 6) is -1.85. The maximum absolute atomic E-state index is 13.9. The number of hydrogen-bond donors (Lipinski definition) is 1. The molecule has 0 aliphatic carbocycles. The lowest BCUT2D eigenvalue weighted by Gasteiger charge is -2.32. The fourth-order valence-corrected chi connectivity index (χ4v) is 2.58. The fraction of sp³-hybridized carbons (Fsp3) is 0.538. The van der Waals surface area contributed by atoms with Gasteiger partial charge in [0.2, 0.25) is 0 Å². The van der Waals surface area contributed by atoms with Gasteiger partial charge in [-0.05, 0) is 6.07 Å². The number of benzene rings is 1. The molecular weight excluding hydrogens is 278 g/mol. The SMILES string of the molecule is COCC1C(C(F)(F)F)OCC1(N)c1ccccc1F. The summed E-state index contributed by atoms with van der Waals surface area (Å²) in [6.07, 6.45) is -6.64. The highest BCUT2D eigenvalue weighted by Gasteiger charge is 2.58. The molecule has 3 atom stereocenters. The van der Waals surface area contributed by atoms with Gasteiger partial charge in [0.25, 0.3) is 0 Å². The molecule has 0 bridgehead atoms. The van der Waals surface area contributed by atoms with Gasteiger partial charge in [-0.3, -0.25) is 0 Å². The lowest BCUT2D eigenvalue weighted by Crippen LogP contribution is -2.50. The standard InChI is InChI=1S/C13H15F4NO2/c1-19-6-9-11(13(15,16)17)20-7-12(9,18)8-4-2-3-5-10(8)14/h2-5,9,11H,6-7,18H2,1H3. The van der Waals surface area contributed by atoms with E-state index in [1.165, 1.54) is 25.3 Å². The van der Waals surface area contributed by atoms with Crippen LogP contribution in [0.25, 0.3) is 0 Å². The summed E-state index contributed by atoms with van der Waals surface area (Å²) in [5, 5.41) is 0. The number of hydrogen-bond acceptors (Lipinski definition) is 3. The third-order valence-corrected chi connectivity index (χ3v) is 3.57. The highest BCUT2D eigenvalue weighted by Crippen LogP contribution is 2.44. The Morgan fingerprint density at radius 2 is 2.05 bits per heavy atom. The van der Waals surface area contributed by atoms with Crippen LogP contribution in [0, 0.1) is 11.7 Å². The average Bonchev–Trinajstić information content (AvgIpc) is 2.69. The van der Waals surface area contributed by atoms with Crippen molar-refractivity contribution in [2.45, 2.75) is 17.8 Å². The first-order valence-electron chi connectivity index (χ1n) is 6.02. The van der Waals surface area contributed by atoms with Crippen LogP contribution >= 0.6 is 0 Å². The normalized spacial score (nSPS) is 30.7. The lowest BCUT2D eigenvalue weighted by atomic mass is 9.78. The predicted octanol–water partition coefficient (Wildman–Crippen LogP) is 2.20. The summed E-state index contributed by atoms with van der Waals surface area (Å²) >= 11 is 0. The zero-order chi connectivity index (χ0) is 15.0. The molecule has 0 spiro atoms. The van der Waals surface area contributed by atoms with E-state index in [1.807, 2.05) is 0 Å². The van der Waals surface area contributed by atoms with E-state index in [0.29, 0.717) is 0 Å². The largest absolute Gasteiger partial charge is 0.415 e. The van der Waals surface area contributed by atoms with E-state index in [2.05, 4.69) is 0 Å². The fourth-order valence-electron chi connectivity index (χ4n) is 2.58. The third-order valence-electron chi connectivity index (χ3n) is 3.57. The number of nitrogens with two attached hydrogens (primary N) is 1. The maximum Gasteiger partial charge on any atom is 0.415 e. The Labute approximate surface area is 113 Å². The molecule has 3 unspecified atom stereocenters. The van der Waals surface area contributed by atoms with Crippen molar-refractivity contribution in [3.05, 3.63) is 35.6 Å². The van der Waals surface area contributed by atoms with E-state index in [-0.39, 0.29) is 12.2 Å². The van der Waals surface area contributed by atoms with Crippen LogP contribution in [0.2, 0.25) is 0 Å². The molecule has 0 saturated carbocycles. The van der Waals surface area contributed by atoms with Gasteiger partial charge in [-0.1, -0.05) is 18.2 Å². The van der Waals surface area contributed by atoms with E-state index in [0.717, 1.165) is 6.07 Å². The third kappa shape index (κ3) is 2.53. The molecule has 1 aromatic carbocycles. The first-order valence-corrected chi connectivity index (χ1v) is 6.02. The molecule has 0 amide bonds. The van der Waals surface area contributed by atoms with Gasteiger partial charge in [-0.25, -0.2) is 4.39 Å². The first-order chi connectivity index (χ1) is 9.30. The van der Waals surface area contributed by atoms with Crippen molar-refractivity contribution in [1.82, 2.24) is 0 Å². The molecule has 1 saturated heterocycles. The summed E-state index contributed by atoms with van der Waals surface area (Å²) in [6.45, 7) is -0.679. The molecule has 2 N–H and O–H groups in total. The van der Waals surface area contributed by atoms with Crippen LogP contribution in [0.3, 0.4) is 0 Å². The van der Waals surface area contributed by atoms with Gasteiger partial charge in [0.15, 0.2) is 6.10 Å². The minimum atomic E-state index is -4.57. The minimum Gasteiger partial charge on any atom is -0.384 e. The van der Waals surface area contributed by atoms with Gasteiger partial charge in [0.1, 0.15) is 5.82 Å². The van der Waals surface area contributed by atoms with Crippen molar-refractivity contribution in [3.63, 3.8) is 0 Å². The van der Waals surface area contributed by atoms with Crippen molar-refractivity contribution in [1.29, 1.82) is 0 Å². The monoisotopic (exact) mass is 293 g/mol. The van der Waals surface area contributed by atoms with Crippen LogP contribution in [0.15, 0.2) is 24.3 Å². The highest BCUT2D eigenvalue weighted by atomic mass is 19.4. The van der Waals surface area contributed by atoms with Gasteiger partial charge in [-0.15, -0.1) is 0 Å². The minimum absolute atomic E-state index is 0.00815. The number of rotatable bonds is 3. The highest BCUT2D eigenvalue weighted by molar-refractivity contribution is 5.29. The average molecular weight is 293 g/mol. The van der Waals surface area contributed by atoms with E-state index in [1.54, 1.807) is 0 Å². The van der Waals surface area contributed by atoms with Crippen LogP contribution in [0.4, 0.5) is 17.6 Å². The summed E-state index contributed by atoms with van der Waals surface area (Å²) in [5.41, 5.74) is 4.49. The van der Waals surface area contributed by atoms with Crippen LogP contribution in [0.5, 0.6) is 0 Å². The Hall–Kier alpha value is -1.18. The second-order valence-electron chi connectivity index (χ2n) is 4.86. The predicted molar refractivity (Wildman–Crippen MR) is 63.4 cm³/mol. The lowest BCUT2D eigenvalue weighted by molar-refractivity contribution is -0.219. The first kappa shape index (κ1) is 15.2. The van der Waals surface area contributed by atoms with Crippen molar-refractivity contribution < 1.29 is 27.0 Å². The van der Waals surface area contributed by atoms with E-state index in [9.17, 15) is 17.6 Å². The Bertz CT molecular complexity index is 480. The molecule has 1 aliphatic rings. The van der Waals surface area contributed by atoms with Gasteiger partial charge >= 0.3 is 6.18 Å². The second-order valence-corrected chi connectivity index (χ2v) is 4.86. The second kappa shape index (κ2) is 5.31. The smallest absolute Gasteiger partial charge is 0.384 e.